The summed E-state index contributed by atoms with van der Waals surface area (Å²) in [6.07, 6.45) is 1.84. The molecule has 0 bridgehead atoms. The molecule has 2 aromatic heterocycles. The summed E-state index contributed by atoms with van der Waals surface area (Å²) in [5.74, 6) is 2.34. The first kappa shape index (κ1) is 17.2. The number of hydrogen-bond acceptors (Lipinski definition) is 6. The normalized spacial score (nSPS) is 15.4. The van der Waals surface area contributed by atoms with Gasteiger partial charge in [0.15, 0.2) is 0 Å². The minimum atomic E-state index is 0.654. The molecule has 1 aromatic carbocycles. The lowest BCUT2D eigenvalue weighted by Crippen LogP contribution is -2.46. The van der Waals surface area contributed by atoms with E-state index in [0.717, 1.165) is 42.0 Å². The van der Waals surface area contributed by atoms with Crippen molar-refractivity contribution in [2.75, 3.05) is 31.1 Å². The van der Waals surface area contributed by atoms with Crippen LogP contribution < -0.4 is 4.90 Å². The van der Waals surface area contributed by atoms with Crippen LogP contribution in [0.5, 0.6) is 0 Å². The van der Waals surface area contributed by atoms with Gasteiger partial charge in [0.05, 0.1) is 6.54 Å². The number of anilines is 1. The summed E-state index contributed by atoms with van der Waals surface area (Å²) in [6.45, 7) is 6.51. The molecule has 6 nitrogen and oxygen atoms in total. The minimum Gasteiger partial charge on any atom is -0.354 e. The lowest BCUT2D eigenvalue weighted by Gasteiger charge is -2.34. The fourth-order valence-electron chi connectivity index (χ4n) is 3.10. The molecule has 3 aromatic rings. The van der Waals surface area contributed by atoms with Crippen molar-refractivity contribution in [2.24, 2.45) is 0 Å². The summed E-state index contributed by atoms with van der Waals surface area (Å²) in [4.78, 5) is 13.7. The number of rotatable bonds is 4. The summed E-state index contributed by atoms with van der Waals surface area (Å²) in [7, 11) is 0. The Balaban J connectivity index is 1.35. The van der Waals surface area contributed by atoms with Crippen molar-refractivity contribution < 1.29 is 4.52 Å². The molecule has 0 N–H and O–H groups in total. The smallest absolute Gasteiger partial charge is 0.241 e. The van der Waals surface area contributed by atoms with Crippen LogP contribution in [0.25, 0.3) is 11.4 Å². The first-order chi connectivity index (χ1) is 12.7. The van der Waals surface area contributed by atoms with Gasteiger partial charge in [-0.15, -0.1) is 0 Å². The number of hydrogen-bond donors (Lipinski definition) is 0. The molecule has 7 heteroatoms. The maximum absolute atomic E-state index is 5.45. The number of benzene rings is 1. The van der Waals surface area contributed by atoms with Crippen LogP contribution in [0.15, 0.2) is 51.6 Å². The Morgan fingerprint density at radius 1 is 1.12 bits per heavy atom. The monoisotopic (exact) mass is 413 g/mol. The minimum absolute atomic E-state index is 0.654. The van der Waals surface area contributed by atoms with Crippen molar-refractivity contribution in [3.63, 3.8) is 0 Å². The van der Waals surface area contributed by atoms with Crippen molar-refractivity contribution in [1.82, 2.24) is 20.0 Å². The number of pyridine rings is 1. The number of piperazine rings is 1. The van der Waals surface area contributed by atoms with Crippen LogP contribution in [0.1, 0.15) is 11.5 Å². The first-order valence-corrected chi connectivity index (χ1v) is 9.45. The molecule has 1 aliphatic heterocycles. The SMILES string of the molecule is Cc1cccc(-c2noc(CN3CCN(c4ccc(Br)cn4)CC3)n2)c1. The van der Waals surface area contributed by atoms with Gasteiger partial charge in [0.1, 0.15) is 5.82 Å². The van der Waals surface area contributed by atoms with E-state index in [1.807, 2.05) is 30.5 Å². The second-order valence-electron chi connectivity index (χ2n) is 6.48. The largest absolute Gasteiger partial charge is 0.354 e. The standard InChI is InChI=1S/C19H20BrN5O/c1-14-3-2-4-15(11-14)19-22-18(26-23-19)13-24-7-9-25(10-8-24)17-6-5-16(20)12-21-17/h2-6,11-12H,7-10,13H2,1H3. The molecule has 1 fully saturated rings. The fourth-order valence-corrected chi connectivity index (χ4v) is 3.34. The molecule has 1 saturated heterocycles. The zero-order valence-corrected chi connectivity index (χ0v) is 16.2. The number of nitrogens with zero attached hydrogens (tertiary/aromatic N) is 5. The summed E-state index contributed by atoms with van der Waals surface area (Å²) < 4.78 is 6.45. The van der Waals surface area contributed by atoms with Gasteiger partial charge in [0.25, 0.3) is 0 Å². The lowest BCUT2D eigenvalue weighted by molar-refractivity contribution is 0.215. The average molecular weight is 414 g/mol. The van der Waals surface area contributed by atoms with Gasteiger partial charge < -0.3 is 9.42 Å². The highest BCUT2D eigenvalue weighted by Gasteiger charge is 2.20. The topological polar surface area (TPSA) is 58.3 Å². The molecule has 1 aliphatic rings. The maximum atomic E-state index is 5.45. The van der Waals surface area contributed by atoms with Gasteiger partial charge in [-0.05, 0) is 41.1 Å². The second-order valence-corrected chi connectivity index (χ2v) is 7.39. The predicted octanol–water partition coefficient (Wildman–Crippen LogP) is 3.52. The third-order valence-corrected chi connectivity index (χ3v) is 4.98. The number of aryl methyl sites for hydroxylation is 1. The van der Waals surface area contributed by atoms with Crippen molar-refractivity contribution in [3.05, 3.63) is 58.5 Å². The number of halogens is 1. The molecule has 0 aliphatic carbocycles. The highest BCUT2D eigenvalue weighted by molar-refractivity contribution is 9.10. The van der Waals surface area contributed by atoms with Crippen molar-refractivity contribution in [2.45, 2.75) is 13.5 Å². The average Bonchev–Trinajstić information content (AvgIpc) is 3.12. The Labute approximate surface area is 161 Å². The van der Waals surface area contributed by atoms with E-state index in [1.165, 1.54) is 5.56 Å². The van der Waals surface area contributed by atoms with Crippen LogP contribution in [0, 0.1) is 6.92 Å². The van der Waals surface area contributed by atoms with E-state index in [2.05, 4.69) is 59.9 Å². The van der Waals surface area contributed by atoms with E-state index in [4.69, 9.17) is 4.52 Å². The van der Waals surface area contributed by atoms with Gasteiger partial charge >= 0.3 is 0 Å². The Kier molecular flexibility index (Phi) is 4.99. The van der Waals surface area contributed by atoms with Gasteiger partial charge in [-0.1, -0.05) is 28.9 Å². The lowest BCUT2D eigenvalue weighted by atomic mass is 10.1. The Morgan fingerprint density at radius 2 is 1.96 bits per heavy atom. The molecular weight excluding hydrogens is 394 g/mol. The molecular formula is C19H20BrN5O. The highest BCUT2D eigenvalue weighted by Crippen LogP contribution is 2.19. The van der Waals surface area contributed by atoms with Gasteiger partial charge in [0, 0.05) is 42.4 Å². The van der Waals surface area contributed by atoms with Gasteiger partial charge in [-0.2, -0.15) is 4.98 Å². The Bertz CT molecular complexity index is 872. The molecule has 4 rings (SSSR count). The zero-order chi connectivity index (χ0) is 17.9. The highest BCUT2D eigenvalue weighted by atomic mass is 79.9. The van der Waals surface area contributed by atoms with E-state index >= 15 is 0 Å². The maximum Gasteiger partial charge on any atom is 0.241 e. The van der Waals surface area contributed by atoms with Crippen LogP contribution in [0.4, 0.5) is 5.82 Å². The van der Waals surface area contributed by atoms with Gasteiger partial charge in [0.2, 0.25) is 11.7 Å². The van der Waals surface area contributed by atoms with Crippen molar-refractivity contribution in [1.29, 1.82) is 0 Å². The summed E-state index contributed by atoms with van der Waals surface area (Å²) in [5, 5.41) is 4.13. The first-order valence-electron chi connectivity index (χ1n) is 8.66. The van der Waals surface area contributed by atoms with Gasteiger partial charge in [-0.3, -0.25) is 4.90 Å². The molecule has 134 valence electrons. The van der Waals surface area contributed by atoms with E-state index in [0.29, 0.717) is 18.3 Å². The van der Waals surface area contributed by atoms with Crippen LogP contribution in [-0.4, -0.2) is 46.2 Å². The molecule has 26 heavy (non-hydrogen) atoms. The van der Waals surface area contributed by atoms with E-state index in [-0.39, 0.29) is 0 Å². The quantitative estimate of drug-likeness (QED) is 0.651. The molecule has 0 atom stereocenters. The number of aromatic nitrogens is 3. The van der Waals surface area contributed by atoms with Crippen molar-refractivity contribution >= 4 is 21.7 Å². The second kappa shape index (κ2) is 7.55. The molecule has 0 spiro atoms. The Morgan fingerprint density at radius 3 is 2.69 bits per heavy atom. The van der Waals surface area contributed by atoms with Crippen LogP contribution in [0.3, 0.4) is 0 Å². The summed E-state index contributed by atoms with van der Waals surface area (Å²) >= 11 is 3.43. The van der Waals surface area contributed by atoms with E-state index in [1.54, 1.807) is 0 Å². The molecule has 3 heterocycles. The molecule has 0 saturated carbocycles. The van der Waals surface area contributed by atoms with Crippen molar-refractivity contribution in [3.8, 4) is 11.4 Å². The van der Waals surface area contributed by atoms with Crippen LogP contribution in [0.2, 0.25) is 0 Å². The fraction of sp³-hybridized carbons (Fsp3) is 0.316. The summed E-state index contributed by atoms with van der Waals surface area (Å²) in [5.41, 5.74) is 2.18. The van der Waals surface area contributed by atoms with E-state index < -0.39 is 0 Å². The zero-order valence-electron chi connectivity index (χ0n) is 14.6. The van der Waals surface area contributed by atoms with E-state index in [9.17, 15) is 0 Å². The van der Waals surface area contributed by atoms with Crippen LogP contribution >= 0.6 is 15.9 Å². The molecule has 0 unspecified atom stereocenters. The third kappa shape index (κ3) is 3.94. The molecule has 0 radical (unpaired) electrons. The Hall–Kier alpha value is -2.25. The third-order valence-electron chi connectivity index (χ3n) is 4.51. The van der Waals surface area contributed by atoms with Crippen LogP contribution in [-0.2, 0) is 6.54 Å². The summed E-state index contributed by atoms with van der Waals surface area (Å²) in [6, 6.07) is 12.2. The molecule has 0 amide bonds. The van der Waals surface area contributed by atoms with Gasteiger partial charge in [-0.25, -0.2) is 4.98 Å². The predicted molar refractivity (Wildman–Crippen MR) is 104 cm³/mol.